The van der Waals surface area contributed by atoms with Gasteiger partial charge in [0, 0.05) is 26.6 Å². The second-order valence-electron chi connectivity index (χ2n) is 2.39. The first kappa shape index (κ1) is 8.73. The zero-order valence-corrected chi connectivity index (χ0v) is 7.10. The third kappa shape index (κ3) is 1.62. The summed E-state index contributed by atoms with van der Waals surface area (Å²) in [6.45, 7) is 0.419. The van der Waals surface area contributed by atoms with Crippen LogP contribution in [0.5, 0.6) is 0 Å². The Morgan fingerprint density at radius 1 is 1.67 bits per heavy atom. The highest BCUT2D eigenvalue weighted by Crippen LogP contribution is 2.16. The van der Waals surface area contributed by atoms with Gasteiger partial charge in [-0.1, -0.05) is 0 Å². The molecule has 12 heavy (non-hydrogen) atoms. The van der Waals surface area contributed by atoms with E-state index in [1.807, 2.05) is 19.4 Å². The summed E-state index contributed by atoms with van der Waals surface area (Å²) in [6, 6.07) is 0. The smallest absolute Gasteiger partial charge is 0.136 e. The lowest BCUT2D eigenvalue weighted by molar-refractivity contribution is 0.110. The van der Waals surface area contributed by atoms with E-state index in [1.165, 1.54) is 6.20 Å². The maximum Gasteiger partial charge on any atom is 0.136 e. The zero-order valence-electron chi connectivity index (χ0n) is 7.10. The van der Waals surface area contributed by atoms with Crippen LogP contribution in [0.25, 0.3) is 0 Å². The summed E-state index contributed by atoms with van der Waals surface area (Å²) in [5, 5.41) is 2.71. The molecule has 5 nitrogen and oxygen atoms in total. The molecule has 0 spiro atoms. The molecule has 66 valence electrons. The molecule has 0 saturated heterocycles. The summed E-state index contributed by atoms with van der Waals surface area (Å²) in [7, 11) is 3.43. The van der Waals surface area contributed by atoms with Crippen LogP contribution in [0, 0.1) is 4.91 Å². The molecule has 1 aliphatic heterocycles. The average molecular weight is 169 g/mol. The second kappa shape index (κ2) is 3.87. The first-order valence-corrected chi connectivity index (χ1v) is 3.49. The Kier molecular flexibility index (Phi) is 2.82. The number of rotatable bonds is 3. The van der Waals surface area contributed by atoms with E-state index in [0.29, 0.717) is 12.6 Å². The standard InChI is InChI=1S/C7H11N3O2/c1-9-3-4-10(6-12-2)7(9)5-8-11/h3-5H,6H2,1-2H3/b7-5-. The van der Waals surface area contributed by atoms with Gasteiger partial charge in [-0.25, -0.2) is 0 Å². The Balaban J connectivity index is 2.69. The summed E-state index contributed by atoms with van der Waals surface area (Å²) in [6.07, 6.45) is 4.90. The van der Waals surface area contributed by atoms with Crippen molar-refractivity contribution in [2.45, 2.75) is 0 Å². The highest BCUT2D eigenvalue weighted by Gasteiger charge is 2.15. The van der Waals surface area contributed by atoms with Crippen molar-refractivity contribution in [2.24, 2.45) is 5.18 Å². The lowest BCUT2D eigenvalue weighted by Crippen LogP contribution is -2.21. The van der Waals surface area contributed by atoms with Crippen molar-refractivity contribution >= 4 is 0 Å². The number of ether oxygens (including phenoxy) is 1. The van der Waals surface area contributed by atoms with E-state index in [9.17, 15) is 4.91 Å². The summed E-state index contributed by atoms with van der Waals surface area (Å²) < 4.78 is 4.91. The lowest BCUT2D eigenvalue weighted by Gasteiger charge is -2.19. The van der Waals surface area contributed by atoms with E-state index >= 15 is 0 Å². The van der Waals surface area contributed by atoms with Crippen LogP contribution in [0.15, 0.2) is 29.6 Å². The van der Waals surface area contributed by atoms with Crippen LogP contribution in [-0.2, 0) is 4.74 Å². The predicted molar refractivity (Wildman–Crippen MR) is 44.5 cm³/mol. The van der Waals surface area contributed by atoms with Gasteiger partial charge in [0.25, 0.3) is 0 Å². The van der Waals surface area contributed by atoms with Crippen LogP contribution in [0.4, 0.5) is 0 Å². The highest BCUT2D eigenvalue weighted by atomic mass is 16.5. The van der Waals surface area contributed by atoms with Crippen molar-refractivity contribution in [2.75, 3.05) is 20.9 Å². The Bertz CT molecular complexity index is 225. The van der Waals surface area contributed by atoms with E-state index in [4.69, 9.17) is 4.74 Å². The normalized spacial score (nSPS) is 19.3. The van der Waals surface area contributed by atoms with Gasteiger partial charge in [-0.2, -0.15) is 0 Å². The molecular formula is C7H11N3O2. The Hall–Kier alpha value is -1.36. The van der Waals surface area contributed by atoms with Gasteiger partial charge in [-0.05, 0) is 5.18 Å². The molecule has 0 aromatic heterocycles. The minimum absolute atomic E-state index is 0.419. The first-order chi connectivity index (χ1) is 5.79. The molecule has 0 N–H and O–H groups in total. The van der Waals surface area contributed by atoms with Gasteiger partial charge in [0.1, 0.15) is 18.8 Å². The van der Waals surface area contributed by atoms with Crippen molar-refractivity contribution in [3.05, 3.63) is 29.3 Å². The molecular weight excluding hydrogens is 158 g/mol. The molecule has 0 bridgehead atoms. The van der Waals surface area contributed by atoms with Crippen molar-refractivity contribution < 1.29 is 4.74 Å². The Morgan fingerprint density at radius 2 is 2.42 bits per heavy atom. The van der Waals surface area contributed by atoms with Crippen molar-refractivity contribution in [1.82, 2.24) is 9.80 Å². The van der Waals surface area contributed by atoms with Crippen molar-refractivity contribution in [3.8, 4) is 0 Å². The first-order valence-electron chi connectivity index (χ1n) is 3.49. The van der Waals surface area contributed by atoms with Gasteiger partial charge >= 0.3 is 0 Å². The maximum atomic E-state index is 10.0. The average Bonchev–Trinajstić information content (AvgIpc) is 2.37. The van der Waals surface area contributed by atoms with Gasteiger partial charge in [0.05, 0.1) is 0 Å². The van der Waals surface area contributed by atoms with Crippen LogP contribution >= 0.6 is 0 Å². The molecule has 1 aliphatic rings. The highest BCUT2D eigenvalue weighted by molar-refractivity contribution is 5.12. The molecule has 0 saturated carbocycles. The quantitative estimate of drug-likeness (QED) is 0.588. The molecule has 0 aromatic carbocycles. The fourth-order valence-electron chi connectivity index (χ4n) is 0.996. The molecule has 0 unspecified atom stereocenters. The SMILES string of the molecule is COCN1C=CN(C)/C1=C/N=O. The number of methoxy groups -OCH3 is 1. The topological polar surface area (TPSA) is 45.1 Å². The minimum Gasteiger partial charge on any atom is -0.364 e. The summed E-state index contributed by atoms with van der Waals surface area (Å²) in [5.74, 6) is 0.715. The van der Waals surface area contributed by atoms with Crippen molar-refractivity contribution in [1.29, 1.82) is 0 Å². The molecule has 5 heteroatoms. The zero-order chi connectivity index (χ0) is 8.97. The largest absolute Gasteiger partial charge is 0.364 e. The van der Waals surface area contributed by atoms with E-state index in [-0.39, 0.29) is 0 Å². The Labute approximate surface area is 70.9 Å². The van der Waals surface area contributed by atoms with Gasteiger partial charge in [-0.15, -0.1) is 4.91 Å². The number of nitrogens with zero attached hydrogens (tertiary/aromatic N) is 3. The molecule has 0 atom stereocenters. The number of hydrogen-bond donors (Lipinski definition) is 0. The molecule has 0 radical (unpaired) electrons. The van der Waals surface area contributed by atoms with E-state index < -0.39 is 0 Å². The molecule has 1 heterocycles. The van der Waals surface area contributed by atoms with E-state index in [0.717, 1.165) is 0 Å². The molecule has 0 amide bonds. The summed E-state index contributed by atoms with van der Waals surface area (Å²) in [5.41, 5.74) is 0. The van der Waals surface area contributed by atoms with Gasteiger partial charge in [-0.3, -0.25) is 0 Å². The molecule has 0 fully saturated rings. The van der Waals surface area contributed by atoms with Gasteiger partial charge < -0.3 is 14.5 Å². The maximum absolute atomic E-state index is 10.0. The van der Waals surface area contributed by atoms with Crippen LogP contribution in [0.2, 0.25) is 0 Å². The summed E-state index contributed by atoms with van der Waals surface area (Å²) >= 11 is 0. The third-order valence-corrected chi connectivity index (χ3v) is 1.56. The monoisotopic (exact) mass is 169 g/mol. The fraction of sp³-hybridized carbons (Fsp3) is 0.429. The summed E-state index contributed by atoms with van der Waals surface area (Å²) in [4.78, 5) is 13.6. The molecule has 1 rings (SSSR count). The fourth-order valence-corrected chi connectivity index (χ4v) is 0.996. The molecule has 0 aromatic rings. The molecule has 0 aliphatic carbocycles. The van der Waals surface area contributed by atoms with Crippen LogP contribution in [-0.4, -0.2) is 30.7 Å². The van der Waals surface area contributed by atoms with E-state index in [1.54, 1.807) is 16.9 Å². The van der Waals surface area contributed by atoms with Crippen molar-refractivity contribution in [3.63, 3.8) is 0 Å². The van der Waals surface area contributed by atoms with Crippen LogP contribution in [0.3, 0.4) is 0 Å². The number of nitroso groups, excluding NO2 is 1. The van der Waals surface area contributed by atoms with E-state index in [2.05, 4.69) is 5.18 Å². The van der Waals surface area contributed by atoms with Gasteiger partial charge in [0.2, 0.25) is 0 Å². The van der Waals surface area contributed by atoms with Crippen LogP contribution in [0.1, 0.15) is 0 Å². The second-order valence-corrected chi connectivity index (χ2v) is 2.39. The van der Waals surface area contributed by atoms with Crippen LogP contribution < -0.4 is 0 Å². The third-order valence-electron chi connectivity index (χ3n) is 1.56. The predicted octanol–water partition coefficient (Wildman–Crippen LogP) is 0.874. The van der Waals surface area contributed by atoms with Gasteiger partial charge in [0.15, 0.2) is 0 Å². The lowest BCUT2D eigenvalue weighted by atomic mass is 10.6. The number of hydrogen-bond acceptors (Lipinski definition) is 5. The minimum atomic E-state index is 0.419. The Morgan fingerprint density at radius 3 is 3.00 bits per heavy atom.